The number of hydrogen-bond acceptors (Lipinski definition) is 4. The van der Waals surface area contributed by atoms with Crippen molar-refractivity contribution in [3.05, 3.63) is 64.1 Å². The number of alkyl carbamates (subject to hydrolysis) is 1. The number of carbonyl (C=O) groups is 1. The Bertz CT molecular complexity index is 960. The number of fused-ring (bicyclic) bond motifs is 1. The van der Waals surface area contributed by atoms with Crippen molar-refractivity contribution in [2.75, 3.05) is 13.1 Å². The van der Waals surface area contributed by atoms with Crippen LogP contribution < -0.4 is 5.32 Å². The topological polar surface area (TPSA) is 75.7 Å². The first kappa shape index (κ1) is 18.5. The SMILES string of the molecule is Cc1ccc(S(=O)(=O)N2C[C@H]3[C@@H](C2)OC(=O)N[C@H]3c2ccc(Br)cc2)cc1. The second-order valence-electron chi connectivity index (χ2n) is 6.92. The summed E-state index contributed by atoms with van der Waals surface area (Å²) in [7, 11) is -3.64. The monoisotopic (exact) mass is 450 g/mol. The van der Waals surface area contributed by atoms with Crippen LogP contribution in [-0.2, 0) is 14.8 Å². The zero-order chi connectivity index (χ0) is 19.2. The molecule has 0 unspecified atom stereocenters. The van der Waals surface area contributed by atoms with Gasteiger partial charge in [-0.05, 0) is 36.8 Å². The molecule has 0 spiro atoms. The maximum Gasteiger partial charge on any atom is 0.407 e. The molecule has 8 heteroatoms. The van der Waals surface area contributed by atoms with Gasteiger partial charge >= 0.3 is 6.09 Å². The second-order valence-corrected chi connectivity index (χ2v) is 9.77. The fraction of sp³-hybridized carbons (Fsp3) is 0.316. The minimum Gasteiger partial charge on any atom is -0.444 e. The predicted octanol–water partition coefficient (Wildman–Crippen LogP) is 3.23. The number of halogens is 1. The van der Waals surface area contributed by atoms with E-state index in [-0.39, 0.29) is 23.4 Å². The number of hydrogen-bond donors (Lipinski definition) is 1. The molecule has 0 saturated carbocycles. The number of nitrogens with zero attached hydrogens (tertiary/aromatic N) is 1. The van der Waals surface area contributed by atoms with Crippen molar-refractivity contribution >= 4 is 32.0 Å². The molecule has 0 radical (unpaired) electrons. The molecule has 2 fully saturated rings. The molecule has 0 aliphatic carbocycles. The van der Waals surface area contributed by atoms with E-state index in [9.17, 15) is 13.2 Å². The summed E-state index contributed by atoms with van der Waals surface area (Å²) in [6, 6.07) is 14.2. The zero-order valence-corrected chi connectivity index (χ0v) is 17.0. The highest BCUT2D eigenvalue weighted by atomic mass is 79.9. The summed E-state index contributed by atoms with van der Waals surface area (Å²) in [5.74, 6) is -0.149. The standard InChI is InChI=1S/C19H19BrN2O4S/c1-12-2-8-15(9-3-12)27(24,25)22-10-16-17(11-22)26-19(23)21-18(16)13-4-6-14(20)7-5-13/h2-9,16-18H,10-11H2,1H3,(H,21,23)/t16-,17+,18-/m0/s1. The Morgan fingerprint density at radius 3 is 2.41 bits per heavy atom. The Morgan fingerprint density at radius 2 is 1.74 bits per heavy atom. The Balaban J connectivity index is 1.62. The number of carbonyl (C=O) groups excluding carboxylic acids is 1. The van der Waals surface area contributed by atoms with Crippen molar-refractivity contribution in [2.45, 2.75) is 24.0 Å². The van der Waals surface area contributed by atoms with E-state index in [4.69, 9.17) is 4.74 Å². The Labute approximate surface area is 166 Å². The fourth-order valence-electron chi connectivity index (χ4n) is 3.67. The molecule has 142 valence electrons. The van der Waals surface area contributed by atoms with E-state index in [1.807, 2.05) is 31.2 Å². The molecule has 2 aromatic rings. The first-order valence-corrected chi connectivity index (χ1v) is 10.9. The van der Waals surface area contributed by atoms with Gasteiger partial charge in [-0.15, -0.1) is 0 Å². The molecule has 0 aromatic heterocycles. The predicted molar refractivity (Wildman–Crippen MR) is 104 cm³/mol. The van der Waals surface area contributed by atoms with Gasteiger partial charge in [-0.1, -0.05) is 45.8 Å². The van der Waals surface area contributed by atoms with Gasteiger partial charge in [0.15, 0.2) is 0 Å². The van der Waals surface area contributed by atoms with Crippen LogP contribution >= 0.6 is 15.9 Å². The number of sulfonamides is 1. The van der Waals surface area contributed by atoms with Crippen molar-refractivity contribution in [2.24, 2.45) is 5.92 Å². The van der Waals surface area contributed by atoms with Gasteiger partial charge in [0.05, 0.1) is 17.5 Å². The lowest BCUT2D eigenvalue weighted by Crippen LogP contribution is -2.46. The molecule has 1 N–H and O–H groups in total. The molecule has 2 heterocycles. The second kappa shape index (κ2) is 6.92. The summed E-state index contributed by atoms with van der Waals surface area (Å²) in [5.41, 5.74) is 1.93. The van der Waals surface area contributed by atoms with Crippen molar-refractivity contribution in [1.29, 1.82) is 0 Å². The average molecular weight is 451 g/mol. The molecule has 2 aliphatic rings. The third kappa shape index (κ3) is 3.49. The van der Waals surface area contributed by atoms with Crippen LogP contribution in [0.15, 0.2) is 57.9 Å². The molecule has 3 atom stereocenters. The molecule has 2 aliphatic heterocycles. The van der Waals surface area contributed by atoms with E-state index in [2.05, 4.69) is 21.2 Å². The lowest BCUT2D eigenvalue weighted by molar-refractivity contribution is 0.0405. The van der Waals surface area contributed by atoms with Crippen LogP contribution in [0.3, 0.4) is 0 Å². The Morgan fingerprint density at radius 1 is 1.07 bits per heavy atom. The van der Waals surface area contributed by atoms with Gasteiger partial charge in [0.2, 0.25) is 10.0 Å². The smallest absolute Gasteiger partial charge is 0.407 e. The first-order valence-electron chi connectivity index (χ1n) is 8.64. The summed E-state index contributed by atoms with van der Waals surface area (Å²) >= 11 is 3.40. The summed E-state index contributed by atoms with van der Waals surface area (Å²) in [6.07, 6.45) is -0.980. The number of nitrogens with one attached hydrogen (secondary N) is 1. The van der Waals surface area contributed by atoms with Crippen LogP contribution in [0, 0.1) is 12.8 Å². The minimum atomic E-state index is -3.64. The maximum atomic E-state index is 13.0. The number of rotatable bonds is 3. The van der Waals surface area contributed by atoms with E-state index in [1.165, 1.54) is 4.31 Å². The fourth-order valence-corrected chi connectivity index (χ4v) is 5.42. The molecule has 6 nitrogen and oxygen atoms in total. The summed E-state index contributed by atoms with van der Waals surface area (Å²) < 4.78 is 33.8. The molecule has 27 heavy (non-hydrogen) atoms. The largest absolute Gasteiger partial charge is 0.444 e. The molecule has 2 aromatic carbocycles. The highest BCUT2D eigenvalue weighted by Crippen LogP contribution is 2.37. The van der Waals surface area contributed by atoms with Crippen LogP contribution in [0.25, 0.3) is 0 Å². The van der Waals surface area contributed by atoms with Gasteiger partial charge in [0.1, 0.15) is 6.10 Å². The summed E-state index contributed by atoms with van der Waals surface area (Å²) in [5, 5.41) is 2.84. The van der Waals surface area contributed by atoms with E-state index >= 15 is 0 Å². The quantitative estimate of drug-likeness (QED) is 0.778. The molecular formula is C19H19BrN2O4S. The zero-order valence-electron chi connectivity index (χ0n) is 14.6. The van der Waals surface area contributed by atoms with Crippen molar-refractivity contribution in [3.63, 3.8) is 0 Å². The Kier molecular flexibility index (Phi) is 4.73. The first-order chi connectivity index (χ1) is 12.8. The van der Waals surface area contributed by atoms with Gasteiger partial charge in [0, 0.05) is 16.9 Å². The lowest BCUT2D eigenvalue weighted by Gasteiger charge is -2.33. The highest BCUT2D eigenvalue weighted by Gasteiger charge is 2.48. The van der Waals surface area contributed by atoms with Crippen LogP contribution in [0.1, 0.15) is 17.2 Å². The van der Waals surface area contributed by atoms with Gasteiger partial charge < -0.3 is 10.1 Å². The van der Waals surface area contributed by atoms with E-state index in [0.717, 1.165) is 15.6 Å². The van der Waals surface area contributed by atoms with E-state index in [1.54, 1.807) is 24.3 Å². The van der Waals surface area contributed by atoms with Crippen molar-refractivity contribution < 1.29 is 17.9 Å². The molecule has 1 amide bonds. The van der Waals surface area contributed by atoms with Gasteiger partial charge in [-0.3, -0.25) is 0 Å². The maximum absolute atomic E-state index is 13.0. The average Bonchev–Trinajstić information content (AvgIpc) is 3.07. The van der Waals surface area contributed by atoms with E-state index < -0.39 is 22.2 Å². The third-order valence-electron chi connectivity index (χ3n) is 5.12. The van der Waals surface area contributed by atoms with Gasteiger partial charge in [-0.25, -0.2) is 13.2 Å². The summed E-state index contributed by atoms with van der Waals surface area (Å²) in [4.78, 5) is 12.3. The molecule has 4 rings (SSSR count). The molecule has 2 saturated heterocycles. The highest BCUT2D eigenvalue weighted by molar-refractivity contribution is 9.10. The van der Waals surface area contributed by atoms with Crippen molar-refractivity contribution in [1.82, 2.24) is 9.62 Å². The molecule has 0 bridgehead atoms. The van der Waals surface area contributed by atoms with Crippen LogP contribution in [0.5, 0.6) is 0 Å². The number of ether oxygens (including phenoxy) is 1. The lowest BCUT2D eigenvalue weighted by atomic mass is 9.89. The van der Waals surface area contributed by atoms with Crippen molar-refractivity contribution in [3.8, 4) is 0 Å². The summed E-state index contributed by atoms with van der Waals surface area (Å²) in [6.45, 7) is 2.37. The normalized spacial score (nSPS) is 25.6. The van der Waals surface area contributed by atoms with Crippen LogP contribution in [-0.4, -0.2) is 38.0 Å². The Hall–Kier alpha value is -1.90. The van der Waals surface area contributed by atoms with Crippen LogP contribution in [0.2, 0.25) is 0 Å². The van der Waals surface area contributed by atoms with Gasteiger partial charge in [-0.2, -0.15) is 4.31 Å². The third-order valence-corrected chi connectivity index (χ3v) is 7.50. The number of aryl methyl sites for hydroxylation is 1. The minimum absolute atomic E-state index is 0.149. The molecular weight excluding hydrogens is 432 g/mol. The number of amides is 1. The van der Waals surface area contributed by atoms with Gasteiger partial charge in [0.25, 0.3) is 0 Å². The number of benzene rings is 2. The van der Waals surface area contributed by atoms with Crippen LogP contribution in [0.4, 0.5) is 4.79 Å². The van der Waals surface area contributed by atoms with E-state index in [0.29, 0.717) is 6.54 Å².